The second kappa shape index (κ2) is 9.41. The van der Waals surface area contributed by atoms with Crippen molar-refractivity contribution in [3.05, 3.63) is 22.7 Å². The van der Waals surface area contributed by atoms with Crippen molar-refractivity contribution in [1.82, 2.24) is 4.90 Å². The summed E-state index contributed by atoms with van der Waals surface area (Å²) >= 11 is 3.40. The Kier molecular flexibility index (Phi) is 7.49. The Morgan fingerprint density at radius 3 is 2.74 bits per heavy atom. The Bertz CT molecular complexity index is 675. The van der Waals surface area contributed by atoms with Gasteiger partial charge in [0.25, 0.3) is 0 Å². The highest BCUT2D eigenvalue weighted by Gasteiger charge is 2.33. The molecule has 7 nitrogen and oxygen atoms in total. The molecule has 3 N–H and O–H groups in total. The first-order chi connectivity index (χ1) is 12.7. The second-order valence-electron chi connectivity index (χ2n) is 7.56. The number of anilines is 2. The van der Waals surface area contributed by atoms with E-state index >= 15 is 0 Å². The van der Waals surface area contributed by atoms with Gasteiger partial charge in [0.2, 0.25) is 5.91 Å². The second-order valence-corrected chi connectivity index (χ2v) is 8.48. The van der Waals surface area contributed by atoms with Gasteiger partial charge in [-0.3, -0.25) is 4.79 Å². The third kappa shape index (κ3) is 6.70. The van der Waals surface area contributed by atoms with Crippen LogP contribution in [0, 0.1) is 0 Å². The van der Waals surface area contributed by atoms with E-state index in [1.54, 1.807) is 11.0 Å². The minimum Gasteiger partial charge on any atom is -0.444 e. The van der Waals surface area contributed by atoms with Crippen molar-refractivity contribution in [2.75, 3.05) is 30.3 Å². The minimum atomic E-state index is -0.559. The summed E-state index contributed by atoms with van der Waals surface area (Å²) in [5, 5.41) is 15.0. The molecule has 2 amide bonds. The molecule has 1 saturated heterocycles. The number of hydrogen-bond acceptors (Lipinski definition) is 5. The molecular formula is C19H28BrN3O4. The molecule has 8 heteroatoms. The van der Waals surface area contributed by atoms with Crippen LogP contribution in [-0.2, 0) is 9.53 Å². The Morgan fingerprint density at radius 1 is 1.33 bits per heavy atom. The number of aliphatic hydroxyl groups excluding tert-OH is 1. The van der Waals surface area contributed by atoms with Crippen molar-refractivity contribution in [3.8, 4) is 0 Å². The molecule has 1 fully saturated rings. The van der Waals surface area contributed by atoms with E-state index in [9.17, 15) is 9.59 Å². The van der Waals surface area contributed by atoms with Gasteiger partial charge in [0.05, 0.1) is 18.0 Å². The van der Waals surface area contributed by atoms with Crippen LogP contribution in [0.15, 0.2) is 22.7 Å². The van der Waals surface area contributed by atoms with Crippen LogP contribution in [0.2, 0.25) is 0 Å². The highest BCUT2D eigenvalue weighted by atomic mass is 79.9. The molecule has 0 radical (unpaired) electrons. The summed E-state index contributed by atoms with van der Waals surface area (Å²) < 4.78 is 6.28. The maximum absolute atomic E-state index is 12.6. The summed E-state index contributed by atoms with van der Waals surface area (Å²) in [6.07, 6.45) is 1.48. The molecule has 1 aliphatic rings. The average Bonchev–Trinajstić information content (AvgIpc) is 3.00. The Balaban J connectivity index is 2.00. The fraction of sp³-hybridized carbons (Fsp3) is 0.579. The largest absolute Gasteiger partial charge is 0.444 e. The van der Waals surface area contributed by atoms with Gasteiger partial charge in [-0.25, -0.2) is 4.79 Å². The van der Waals surface area contributed by atoms with Crippen LogP contribution in [0.3, 0.4) is 0 Å². The van der Waals surface area contributed by atoms with Gasteiger partial charge in [0, 0.05) is 30.0 Å². The lowest BCUT2D eigenvalue weighted by Gasteiger charge is -2.28. The number of nitrogens with zero attached hydrogens (tertiary/aromatic N) is 1. The lowest BCUT2D eigenvalue weighted by atomic mass is 10.1. The summed E-state index contributed by atoms with van der Waals surface area (Å²) in [5.41, 5.74) is 0.802. The van der Waals surface area contributed by atoms with E-state index in [1.807, 2.05) is 32.9 Å². The van der Waals surface area contributed by atoms with Gasteiger partial charge in [-0.2, -0.15) is 0 Å². The van der Waals surface area contributed by atoms with Gasteiger partial charge in [0.15, 0.2) is 0 Å². The van der Waals surface area contributed by atoms with Crippen molar-refractivity contribution in [1.29, 1.82) is 0 Å². The highest BCUT2D eigenvalue weighted by molar-refractivity contribution is 9.10. The van der Waals surface area contributed by atoms with Gasteiger partial charge >= 0.3 is 6.09 Å². The molecule has 0 aromatic heterocycles. The number of benzene rings is 1. The summed E-state index contributed by atoms with van der Waals surface area (Å²) in [6.45, 7) is 6.48. The van der Waals surface area contributed by atoms with E-state index in [1.165, 1.54) is 0 Å². The van der Waals surface area contributed by atoms with Crippen LogP contribution in [0.25, 0.3) is 0 Å². The molecular weight excluding hydrogens is 414 g/mol. The van der Waals surface area contributed by atoms with Crippen LogP contribution in [-0.4, -0.2) is 53.3 Å². The predicted molar refractivity (Wildman–Crippen MR) is 109 cm³/mol. The number of rotatable bonds is 6. The summed E-state index contributed by atoms with van der Waals surface area (Å²) in [7, 11) is 0. The van der Waals surface area contributed by atoms with Gasteiger partial charge in [-0.1, -0.05) is 15.9 Å². The summed E-state index contributed by atoms with van der Waals surface area (Å²) in [5.74, 6) is -0.166. The lowest BCUT2D eigenvalue weighted by molar-refractivity contribution is -0.117. The smallest absolute Gasteiger partial charge is 0.410 e. The zero-order chi connectivity index (χ0) is 20.0. The monoisotopic (exact) mass is 441 g/mol. The fourth-order valence-electron chi connectivity index (χ4n) is 2.99. The number of carbonyl (C=O) groups is 2. The van der Waals surface area contributed by atoms with Crippen molar-refractivity contribution in [2.45, 2.75) is 51.7 Å². The van der Waals surface area contributed by atoms with E-state index in [0.717, 1.165) is 23.0 Å². The van der Waals surface area contributed by atoms with Crippen LogP contribution >= 0.6 is 15.9 Å². The number of ether oxygens (including phenoxy) is 1. The number of aliphatic hydroxyl groups is 1. The SMILES string of the molecule is CC(C)(C)OC(=O)N1CCC[C@H]1CC(=O)Nc1cc(Br)ccc1NCCO. The Morgan fingerprint density at radius 2 is 2.07 bits per heavy atom. The highest BCUT2D eigenvalue weighted by Crippen LogP contribution is 2.28. The molecule has 27 heavy (non-hydrogen) atoms. The molecule has 0 bridgehead atoms. The quantitative estimate of drug-likeness (QED) is 0.627. The van der Waals surface area contributed by atoms with Crippen molar-refractivity contribution in [2.24, 2.45) is 0 Å². The van der Waals surface area contributed by atoms with Gasteiger partial charge in [0.1, 0.15) is 5.60 Å². The first kappa shape index (κ1) is 21.5. The van der Waals surface area contributed by atoms with E-state index in [-0.39, 0.29) is 31.1 Å². The van der Waals surface area contributed by atoms with Gasteiger partial charge in [-0.05, 0) is 51.8 Å². The zero-order valence-electron chi connectivity index (χ0n) is 16.0. The van der Waals surface area contributed by atoms with E-state index < -0.39 is 5.60 Å². The normalized spacial score (nSPS) is 16.9. The number of hydrogen-bond donors (Lipinski definition) is 3. The minimum absolute atomic E-state index is 0.00360. The third-order valence-corrected chi connectivity index (χ3v) is 4.60. The van der Waals surface area contributed by atoms with E-state index in [0.29, 0.717) is 18.8 Å². The fourth-order valence-corrected chi connectivity index (χ4v) is 3.35. The van der Waals surface area contributed by atoms with E-state index in [2.05, 4.69) is 26.6 Å². The molecule has 1 atom stereocenters. The topological polar surface area (TPSA) is 90.9 Å². The first-order valence-corrected chi connectivity index (χ1v) is 9.92. The van der Waals surface area contributed by atoms with Crippen molar-refractivity contribution >= 4 is 39.3 Å². The number of halogens is 1. The molecule has 2 rings (SSSR count). The Hall–Kier alpha value is -1.80. The number of amides is 2. The molecule has 0 aliphatic carbocycles. The molecule has 0 spiro atoms. The molecule has 0 saturated carbocycles. The average molecular weight is 442 g/mol. The third-order valence-electron chi connectivity index (χ3n) is 4.11. The van der Waals surface area contributed by atoms with Crippen molar-refractivity contribution in [3.63, 3.8) is 0 Å². The molecule has 150 valence electrons. The number of carbonyl (C=O) groups excluding carboxylic acids is 2. The van der Waals surface area contributed by atoms with Crippen LogP contribution in [0.4, 0.5) is 16.2 Å². The summed E-state index contributed by atoms with van der Waals surface area (Å²) in [6, 6.07) is 5.33. The Labute approximate surface area is 168 Å². The first-order valence-electron chi connectivity index (χ1n) is 9.13. The van der Waals surface area contributed by atoms with Gasteiger partial charge < -0.3 is 25.4 Å². The van der Waals surface area contributed by atoms with Gasteiger partial charge in [-0.15, -0.1) is 0 Å². The van der Waals surface area contributed by atoms with Crippen molar-refractivity contribution < 1.29 is 19.4 Å². The van der Waals surface area contributed by atoms with E-state index in [4.69, 9.17) is 9.84 Å². The van der Waals surface area contributed by atoms with Crippen LogP contribution in [0.5, 0.6) is 0 Å². The molecule has 1 aromatic rings. The number of nitrogens with one attached hydrogen (secondary N) is 2. The molecule has 1 aromatic carbocycles. The zero-order valence-corrected chi connectivity index (χ0v) is 17.6. The number of likely N-dealkylation sites (tertiary alicyclic amines) is 1. The van der Waals surface area contributed by atoms with Crippen LogP contribution in [0.1, 0.15) is 40.0 Å². The molecule has 1 heterocycles. The van der Waals surface area contributed by atoms with Crippen LogP contribution < -0.4 is 10.6 Å². The maximum atomic E-state index is 12.6. The predicted octanol–water partition coefficient (Wildman–Crippen LogP) is 3.58. The molecule has 0 unspecified atom stereocenters. The summed E-state index contributed by atoms with van der Waals surface area (Å²) in [4.78, 5) is 26.6. The standard InChI is InChI=1S/C19H28BrN3O4/c1-19(2,3)27-18(26)23-9-4-5-14(23)12-17(25)22-16-11-13(20)6-7-15(16)21-8-10-24/h6-7,11,14,21,24H,4-5,8-10,12H2,1-3H3,(H,22,25)/t14-/m0/s1. The molecule has 1 aliphatic heterocycles. The lowest BCUT2D eigenvalue weighted by Crippen LogP contribution is -2.41. The maximum Gasteiger partial charge on any atom is 0.410 e.